The van der Waals surface area contributed by atoms with Gasteiger partial charge in [0.25, 0.3) is 5.89 Å². The van der Waals surface area contributed by atoms with Crippen LogP contribution >= 0.6 is 0 Å². The molecule has 0 bridgehead atoms. The van der Waals surface area contributed by atoms with Crippen molar-refractivity contribution in [3.8, 4) is 11.6 Å². The van der Waals surface area contributed by atoms with E-state index in [0.29, 0.717) is 43.3 Å². The van der Waals surface area contributed by atoms with Crippen LogP contribution in [0.25, 0.3) is 11.6 Å². The Bertz CT molecular complexity index is 1010. The van der Waals surface area contributed by atoms with E-state index >= 15 is 0 Å². The summed E-state index contributed by atoms with van der Waals surface area (Å²) in [6.07, 6.45) is 1.91. The van der Waals surface area contributed by atoms with E-state index in [1.165, 1.54) is 0 Å². The molecule has 0 radical (unpaired) electrons. The SMILES string of the molecule is Cn1nc(-c2nc(Cc3ccccc3)no2)c2c1CCN(C(=O)CC(C)(C)C)C2. The van der Waals surface area contributed by atoms with Gasteiger partial charge in [0.2, 0.25) is 5.91 Å². The van der Waals surface area contributed by atoms with Crippen LogP contribution in [0.2, 0.25) is 0 Å². The zero-order chi connectivity index (χ0) is 20.6. The molecule has 0 saturated carbocycles. The Morgan fingerprint density at radius 2 is 1.97 bits per heavy atom. The van der Waals surface area contributed by atoms with Crippen molar-refractivity contribution in [2.75, 3.05) is 6.54 Å². The highest BCUT2D eigenvalue weighted by molar-refractivity contribution is 5.77. The maximum Gasteiger partial charge on any atom is 0.278 e. The third-order valence-electron chi connectivity index (χ3n) is 5.15. The van der Waals surface area contributed by atoms with Gasteiger partial charge in [0.15, 0.2) is 11.5 Å². The number of amides is 1. The van der Waals surface area contributed by atoms with Gasteiger partial charge in [0.05, 0.1) is 0 Å². The third-order valence-corrected chi connectivity index (χ3v) is 5.15. The number of hydrogen-bond acceptors (Lipinski definition) is 5. The Hall–Kier alpha value is -2.96. The van der Waals surface area contributed by atoms with Gasteiger partial charge in [-0.25, -0.2) is 0 Å². The van der Waals surface area contributed by atoms with Crippen molar-refractivity contribution in [3.05, 3.63) is 53.0 Å². The van der Waals surface area contributed by atoms with Crippen molar-refractivity contribution < 1.29 is 9.32 Å². The summed E-state index contributed by atoms with van der Waals surface area (Å²) in [4.78, 5) is 19.2. The molecule has 152 valence electrons. The highest BCUT2D eigenvalue weighted by Gasteiger charge is 2.30. The fourth-order valence-corrected chi connectivity index (χ4v) is 3.74. The van der Waals surface area contributed by atoms with E-state index in [1.807, 2.05) is 47.0 Å². The van der Waals surface area contributed by atoms with E-state index in [9.17, 15) is 4.79 Å². The lowest BCUT2D eigenvalue weighted by atomic mass is 9.91. The fraction of sp³-hybridized carbons (Fsp3) is 0.455. The Kier molecular flexibility index (Phi) is 4.98. The van der Waals surface area contributed by atoms with Crippen LogP contribution in [0.3, 0.4) is 0 Å². The molecule has 7 nitrogen and oxygen atoms in total. The minimum atomic E-state index is -0.0338. The smallest absolute Gasteiger partial charge is 0.278 e. The normalized spacial score (nSPS) is 14.1. The molecule has 4 rings (SSSR count). The molecule has 0 N–H and O–H groups in total. The van der Waals surface area contributed by atoms with E-state index in [2.05, 4.69) is 36.0 Å². The molecule has 0 aliphatic carbocycles. The average Bonchev–Trinajstić information content (AvgIpc) is 3.25. The first kappa shape index (κ1) is 19.4. The number of rotatable bonds is 4. The summed E-state index contributed by atoms with van der Waals surface area (Å²) in [5.74, 6) is 1.22. The second-order valence-electron chi connectivity index (χ2n) is 8.88. The standard InChI is InChI=1S/C22H27N5O2/c1-22(2,3)13-19(28)27-11-10-17-16(14-27)20(24-26(17)4)21-23-18(25-29-21)12-15-8-6-5-7-9-15/h5-9H,10-14H2,1-4H3. The summed E-state index contributed by atoms with van der Waals surface area (Å²) in [5, 5.41) is 8.77. The van der Waals surface area contributed by atoms with Gasteiger partial charge in [0, 0.05) is 50.7 Å². The van der Waals surface area contributed by atoms with Crippen molar-refractivity contribution >= 4 is 5.91 Å². The fourth-order valence-electron chi connectivity index (χ4n) is 3.74. The average molecular weight is 393 g/mol. The van der Waals surface area contributed by atoms with E-state index in [1.54, 1.807) is 0 Å². The van der Waals surface area contributed by atoms with Gasteiger partial charge in [-0.15, -0.1) is 0 Å². The predicted molar refractivity (Wildman–Crippen MR) is 109 cm³/mol. The molecule has 0 saturated heterocycles. The number of carbonyl (C=O) groups is 1. The van der Waals surface area contributed by atoms with Gasteiger partial charge >= 0.3 is 0 Å². The van der Waals surface area contributed by atoms with Crippen LogP contribution in [0.1, 0.15) is 49.8 Å². The minimum absolute atomic E-state index is 0.0338. The summed E-state index contributed by atoms with van der Waals surface area (Å²) in [5.41, 5.74) is 3.91. The second-order valence-corrected chi connectivity index (χ2v) is 8.88. The highest BCUT2D eigenvalue weighted by atomic mass is 16.5. The number of aromatic nitrogens is 4. The van der Waals surface area contributed by atoms with Crippen LogP contribution in [-0.2, 0) is 31.2 Å². The van der Waals surface area contributed by atoms with Crippen LogP contribution in [0, 0.1) is 5.41 Å². The molecule has 3 heterocycles. The molecule has 1 aromatic carbocycles. The maximum atomic E-state index is 12.7. The van der Waals surface area contributed by atoms with Crippen molar-refractivity contribution in [2.45, 2.75) is 46.6 Å². The van der Waals surface area contributed by atoms with E-state index in [4.69, 9.17) is 4.52 Å². The largest absolute Gasteiger partial charge is 0.338 e. The Labute approximate surface area is 170 Å². The summed E-state index contributed by atoms with van der Waals surface area (Å²) in [6, 6.07) is 10.1. The molecule has 0 spiro atoms. The first-order valence-electron chi connectivity index (χ1n) is 9.99. The number of fused-ring (bicyclic) bond motifs is 1. The monoisotopic (exact) mass is 393 g/mol. The van der Waals surface area contributed by atoms with Gasteiger partial charge in [-0.3, -0.25) is 9.48 Å². The highest BCUT2D eigenvalue weighted by Crippen LogP contribution is 2.30. The lowest BCUT2D eigenvalue weighted by molar-refractivity contribution is -0.134. The molecule has 7 heteroatoms. The van der Waals surface area contributed by atoms with Gasteiger partial charge in [-0.1, -0.05) is 56.3 Å². The third kappa shape index (κ3) is 4.23. The molecule has 1 aliphatic heterocycles. The zero-order valence-corrected chi connectivity index (χ0v) is 17.5. The van der Waals surface area contributed by atoms with Crippen LogP contribution in [-0.4, -0.2) is 37.3 Å². The Balaban J connectivity index is 1.57. The van der Waals surface area contributed by atoms with Crippen molar-refractivity contribution in [1.29, 1.82) is 0 Å². The van der Waals surface area contributed by atoms with Crippen LogP contribution in [0.15, 0.2) is 34.9 Å². The van der Waals surface area contributed by atoms with Gasteiger partial charge < -0.3 is 9.42 Å². The molecule has 2 aromatic heterocycles. The summed E-state index contributed by atoms with van der Waals surface area (Å²) in [6.45, 7) is 7.50. The van der Waals surface area contributed by atoms with Crippen LogP contribution in [0.5, 0.6) is 0 Å². The molecule has 0 atom stereocenters. The molecular weight excluding hydrogens is 366 g/mol. The summed E-state index contributed by atoms with van der Waals surface area (Å²) >= 11 is 0. The van der Waals surface area contributed by atoms with Gasteiger partial charge in [-0.05, 0) is 11.0 Å². The molecule has 1 aliphatic rings. The molecule has 0 fully saturated rings. The molecule has 29 heavy (non-hydrogen) atoms. The second kappa shape index (κ2) is 7.46. The predicted octanol–water partition coefficient (Wildman–Crippen LogP) is 3.38. The summed E-state index contributed by atoms with van der Waals surface area (Å²) < 4.78 is 7.41. The Morgan fingerprint density at radius 1 is 1.21 bits per heavy atom. The quantitative estimate of drug-likeness (QED) is 0.679. The lowest BCUT2D eigenvalue weighted by Gasteiger charge is -2.30. The molecule has 0 unspecified atom stereocenters. The van der Waals surface area contributed by atoms with Crippen molar-refractivity contribution in [1.82, 2.24) is 24.8 Å². The van der Waals surface area contributed by atoms with Crippen molar-refractivity contribution in [3.63, 3.8) is 0 Å². The van der Waals surface area contributed by atoms with Crippen LogP contribution in [0.4, 0.5) is 0 Å². The van der Waals surface area contributed by atoms with Gasteiger partial charge in [0.1, 0.15) is 0 Å². The zero-order valence-electron chi connectivity index (χ0n) is 17.5. The number of nitrogens with zero attached hydrogens (tertiary/aromatic N) is 5. The van der Waals surface area contributed by atoms with Crippen LogP contribution < -0.4 is 0 Å². The van der Waals surface area contributed by atoms with E-state index in [0.717, 1.165) is 23.2 Å². The number of aryl methyl sites for hydroxylation is 1. The van der Waals surface area contributed by atoms with Crippen molar-refractivity contribution in [2.24, 2.45) is 12.5 Å². The van der Waals surface area contributed by atoms with Gasteiger partial charge in [-0.2, -0.15) is 10.1 Å². The van der Waals surface area contributed by atoms with E-state index in [-0.39, 0.29) is 11.3 Å². The minimum Gasteiger partial charge on any atom is -0.338 e. The lowest BCUT2D eigenvalue weighted by Crippen LogP contribution is -2.38. The number of carbonyl (C=O) groups excluding carboxylic acids is 1. The maximum absolute atomic E-state index is 12.7. The molecular formula is C22H27N5O2. The molecule has 3 aromatic rings. The molecule has 1 amide bonds. The first-order chi connectivity index (χ1) is 13.8. The first-order valence-corrected chi connectivity index (χ1v) is 9.99. The Morgan fingerprint density at radius 3 is 2.69 bits per heavy atom. The van der Waals surface area contributed by atoms with E-state index < -0.39 is 0 Å². The number of hydrogen-bond donors (Lipinski definition) is 0. The topological polar surface area (TPSA) is 77.1 Å². The summed E-state index contributed by atoms with van der Waals surface area (Å²) in [7, 11) is 1.93. The number of benzene rings is 1.